The van der Waals surface area contributed by atoms with Crippen molar-refractivity contribution < 1.29 is 8.42 Å². The van der Waals surface area contributed by atoms with Gasteiger partial charge in [-0.3, -0.25) is 5.10 Å². The summed E-state index contributed by atoms with van der Waals surface area (Å²) in [6.07, 6.45) is 0.564. The molecule has 0 saturated carbocycles. The second kappa shape index (κ2) is 3.36. The molecular weight excluding hydrogens is 202 g/mol. The van der Waals surface area contributed by atoms with E-state index in [0.29, 0.717) is 13.0 Å². The van der Waals surface area contributed by atoms with Crippen molar-refractivity contribution in [1.82, 2.24) is 15.5 Å². The molecule has 2 N–H and O–H groups in total. The zero-order valence-electron chi connectivity index (χ0n) is 8.00. The summed E-state index contributed by atoms with van der Waals surface area (Å²) in [4.78, 5) is 0. The third-order valence-corrected chi connectivity index (χ3v) is 3.96. The molecule has 2 rings (SSSR count). The molecule has 0 amide bonds. The third kappa shape index (κ3) is 1.67. The Morgan fingerprint density at radius 2 is 2.36 bits per heavy atom. The highest BCUT2D eigenvalue weighted by Gasteiger charge is 2.25. The fraction of sp³-hybridized carbons (Fsp3) is 0.625. The second-order valence-corrected chi connectivity index (χ2v) is 5.68. The van der Waals surface area contributed by atoms with Crippen molar-refractivity contribution in [2.24, 2.45) is 0 Å². The normalized spacial score (nSPS) is 19.2. The Labute approximate surface area is 82.8 Å². The van der Waals surface area contributed by atoms with Gasteiger partial charge in [-0.2, -0.15) is 5.10 Å². The van der Waals surface area contributed by atoms with Gasteiger partial charge in [0.25, 0.3) is 0 Å². The fourth-order valence-corrected chi connectivity index (χ4v) is 3.12. The summed E-state index contributed by atoms with van der Waals surface area (Å²) >= 11 is 0. The van der Waals surface area contributed by atoms with E-state index in [9.17, 15) is 8.42 Å². The van der Waals surface area contributed by atoms with Crippen molar-refractivity contribution in [3.8, 4) is 0 Å². The molecule has 0 atom stereocenters. The first-order chi connectivity index (χ1) is 6.62. The topological polar surface area (TPSA) is 74.8 Å². The van der Waals surface area contributed by atoms with E-state index >= 15 is 0 Å². The van der Waals surface area contributed by atoms with Crippen LogP contribution in [0.3, 0.4) is 0 Å². The molecule has 1 aliphatic rings. The molecule has 1 aliphatic heterocycles. The number of hydrogen-bond acceptors (Lipinski definition) is 4. The predicted octanol–water partition coefficient (Wildman–Crippen LogP) is -0.400. The molecule has 0 unspecified atom stereocenters. The molecular formula is C8H13N3O2S. The first-order valence-corrected chi connectivity index (χ1v) is 6.34. The van der Waals surface area contributed by atoms with Gasteiger partial charge in [-0.1, -0.05) is 0 Å². The Hall–Kier alpha value is -0.880. The minimum Gasteiger partial charge on any atom is -0.314 e. The van der Waals surface area contributed by atoms with Crippen LogP contribution >= 0.6 is 0 Å². The van der Waals surface area contributed by atoms with Gasteiger partial charge in [0.1, 0.15) is 0 Å². The van der Waals surface area contributed by atoms with Gasteiger partial charge in [-0.05, 0) is 7.05 Å². The maximum absolute atomic E-state index is 11.4. The van der Waals surface area contributed by atoms with Crippen LogP contribution in [-0.4, -0.2) is 31.4 Å². The van der Waals surface area contributed by atoms with Gasteiger partial charge in [-0.15, -0.1) is 0 Å². The van der Waals surface area contributed by atoms with E-state index < -0.39 is 9.84 Å². The standard InChI is InChI=1S/C8H13N3O2S/c1-9-4-8-6-5-14(12,13)3-2-7(6)10-11-8/h9H,2-5H2,1H3,(H,10,11). The van der Waals surface area contributed by atoms with Crippen LogP contribution in [0.2, 0.25) is 0 Å². The van der Waals surface area contributed by atoms with Crippen LogP contribution in [0.5, 0.6) is 0 Å². The van der Waals surface area contributed by atoms with Gasteiger partial charge in [0.05, 0.1) is 17.2 Å². The number of sulfone groups is 1. The summed E-state index contributed by atoms with van der Waals surface area (Å²) in [6, 6.07) is 0. The summed E-state index contributed by atoms with van der Waals surface area (Å²) < 4.78 is 22.8. The van der Waals surface area contributed by atoms with Crippen LogP contribution < -0.4 is 5.32 Å². The fourth-order valence-electron chi connectivity index (χ4n) is 1.68. The van der Waals surface area contributed by atoms with Crippen molar-refractivity contribution in [3.05, 3.63) is 17.0 Å². The maximum Gasteiger partial charge on any atom is 0.154 e. The first-order valence-electron chi connectivity index (χ1n) is 4.52. The SMILES string of the molecule is CNCc1n[nH]c2c1CS(=O)(=O)CC2. The summed E-state index contributed by atoms with van der Waals surface area (Å²) in [5.74, 6) is 0.372. The molecule has 6 heteroatoms. The number of nitrogens with one attached hydrogen (secondary N) is 2. The molecule has 5 nitrogen and oxygen atoms in total. The van der Waals surface area contributed by atoms with Crippen LogP contribution in [0, 0.1) is 0 Å². The summed E-state index contributed by atoms with van der Waals surface area (Å²) in [5, 5.41) is 9.97. The lowest BCUT2D eigenvalue weighted by Gasteiger charge is -2.12. The molecule has 1 aromatic rings. The molecule has 14 heavy (non-hydrogen) atoms. The van der Waals surface area contributed by atoms with E-state index in [1.807, 2.05) is 7.05 Å². The van der Waals surface area contributed by atoms with E-state index in [-0.39, 0.29) is 11.5 Å². The monoisotopic (exact) mass is 215 g/mol. The summed E-state index contributed by atoms with van der Waals surface area (Å²) in [7, 11) is -1.08. The average molecular weight is 215 g/mol. The Morgan fingerprint density at radius 1 is 1.57 bits per heavy atom. The van der Waals surface area contributed by atoms with Gasteiger partial charge in [0.15, 0.2) is 9.84 Å². The quantitative estimate of drug-likeness (QED) is 0.704. The summed E-state index contributed by atoms with van der Waals surface area (Å²) in [5.41, 5.74) is 2.67. The number of aromatic nitrogens is 2. The van der Waals surface area contributed by atoms with Crippen LogP contribution in [0.1, 0.15) is 17.0 Å². The molecule has 1 aromatic heterocycles. The molecule has 0 radical (unpaired) electrons. The average Bonchev–Trinajstić information content (AvgIpc) is 2.47. The van der Waals surface area contributed by atoms with Gasteiger partial charge in [-0.25, -0.2) is 8.42 Å². The van der Waals surface area contributed by atoms with Crippen molar-refractivity contribution in [2.45, 2.75) is 18.7 Å². The van der Waals surface area contributed by atoms with E-state index in [1.54, 1.807) is 0 Å². The smallest absolute Gasteiger partial charge is 0.154 e. The van der Waals surface area contributed by atoms with E-state index in [1.165, 1.54) is 0 Å². The number of aromatic amines is 1. The van der Waals surface area contributed by atoms with Crippen molar-refractivity contribution in [1.29, 1.82) is 0 Å². The van der Waals surface area contributed by atoms with Gasteiger partial charge in [0.2, 0.25) is 0 Å². The number of fused-ring (bicyclic) bond motifs is 1. The van der Waals surface area contributed by atoms with Crippen LogP contribution in [0.15, 0.2) is 0 Å². The molecule has 0 aromatic carbocycles. The van der Waals surface area contributed by atoms with E-state index in [2.05, 4.69) is 15.5 Å². The van der Waals surface area contributed by atoms with Crippen LogP contribution in [-0.2, 0) is 28.6 Å². The second-order valence-electron chi connectivity index (χ2n) is 3.50. The Kier molecular flexibility index (Phi) is 2.32. The number of rotatable bonds is 2. The zero-order chi connectivity index (χ0) is 10.2. The largest absolute Gasteiger partial charge is 0.314 e. The molecule has 0 bridgehead atoms. The highest BCUT2D eigenvalue weighted by molar-refractivity contribution is 7.90. The zero-order valence-corrected chi connectivity index (χ0v) is 8.82. The van der Waals surface area contributed by atoms with E-state index in [4.69, 9.17) is 0 Å². The van der Waals surface area contributed by atoms with Crippen molar-refractivity contribution in [2.75, 3.05) is 12.8 Å². The number of H-pyrrole nitrogens is 1. The van der Waals surface area contributed by atoms with Gasteiger partial charge in [0, 0.05) is 24.2 Å². The molecule has 0 spiro atoms. The maximum atomic E-state index is 11.4. The van der Waals surface area contributed by atoms with Gasteiger partial charge < -0.3 is 5.32 Å². The molecule has 0 aliphatic carbocycles. The molecule has 0 fully saturated rings. The van der Waals surface area contributed by atoms with Crippen molar-refractivity contribution >= 4 is 9.84 Å². The Bertz CT molecular complexity index is 435. The third-order valence-electron chi connectivity index (χ3n) is 2.41. The van der Waals surface area contributed by atoms with E-state index in [0.717, 1.165) is 17.0 Å². The number of aryl methyl sites for hydroxylation is 1. The lowest BCUT2D eigenvalue weighted by atomic mass is 10.1. The Morgan fingerprint density at radius 3 is 3.07 bits per heavy atom. The predicted molar refractivity (Wildman–Crippen MR) is 52.5 cm³/mol. The summed E-state index contributed by atoms with van der Waals surface area (Å²) in [6.45, 7) is 0.612. The Balaban J connectivity index is 2.37. The van der Waals surface area contributed by atoms with Crippen LogP contribution in [0.25, 0.3) is 0 Å². The first kappa shape index (κ1) is 9.67. The van der Waals surface area contributed by atoms with Crippen molar-refractivity contribution in [3.63, 3.8) is 0 Å². The molecule has 2 heterocycles. The van der Waals surface area contributed by atoms with Crippen LogP contribution in [0.4, 0.5) is 0 Å². The number of hydrogen-bond donors (Lipinski definition) is 2. The minimum absolute atomic E-state index is 0.135. The minimum atomic E-state index is -2.89. The molecule has 0 saturated heterocycles. The highest BCUT2D eigenvalue weighted by atomic mass is 32.2. The lowest BCUT2D eigenvalue weighted by molar-refractivity contribution is 0.591. The lowest BCUT2D eigenvalue weighted by Crippen LogP contribution is -2.20. The number of nitrogens with zero attached hydrogens (tertiary/aromatic N) is 1. The highest BCUT2D eigenvalue weighted by Crippen LogP contribution is 2.21. The van der Waals surface area contributed by atoms with Gasteiger partial charge >= 0.3 is 0 Å². The molecule has 78 valence electrons.